The number of halogens is 1. The van der Waals surface area contributed by atoms with E-state index in [2.05, 4.69) is 0 Å². The number of hydrogen-bond donors (Lipinski definition) is 0. The minimum Gasteiger partial charge on any atom is -0.489 e. The van der Waals surface area contributed by atoms with Gasteiger partial charge >= 0.3 is 5.97 Å². The van der Waals surface area contributed by atoms with Crippen molar-refractivity contribution in [2.24, 2.45) is 0 Å². The molecule has 0 aliphatic carbocycles. The number of carbonyl (C=O) groups is 2. The van der Waals surface area contributed by atoms with Crippen LogP contribution in [-0.4, -0.2) is 11.8 Å². The van der Waals surface area contributed by atoms with E-state index in [4.69, 9.17) is 30.2 Å². The van der Waals surface area contributed by atoms with E-state index in [1.54, 1.807) is 67.6 Å². The summed E-state index contributed by atoms with van der Waals surface area (Å²) >= 11 is 5.94. The lowest BCUT2D eigenvalue weighted by atomic mass is 10.1. The molecule has 0 spiro atoms. The van der Waals surface area contributed by atoms with Gasteiger partial charge in [0.25, 0.3) is 0 Å². The summed E-state index contributed by atoms with van der Waals surface area (Å²) in [6.45, 7) is 2.10. The van der Waals surface area contributed by atoms with Crippen LogP contribution in [0, 0.1) is 6.92 Å². The molecule has 0 atom stereocenters. The molecule has 0 saturated heterocycles. The molecule has 1 aliphatic heterocycles. The summed E-state index contributed by atoms with van der Waals surface area (Å²) in [5, 5.41) is 1.19. The molecule has 0 unspecified atom stereocenters. The maximum absolute atomic E-state index is 13.2. The van der Waals surface area contributed by atoms with Crippen LogP contribution in [0.25, 0.3) is 17.0 Å². The minimum atomic E-state index is -0.590. The number of rotatable bonds is 6. The fraction of sp³-hybridized carbons (Fsp3) is 0.0625. The number of hydrogen-bond acceptors (Lipinski definition) is 6. The van der Waals surface area contributed by atoms with Gasteiger partial charge in [0.1, 0.15) is 40.8 Å². The summed E-state index contributed by atoms with van der Waals surface area (Å²) in [6.07, 6.45) is 1.64. The molecule has 1 aliphatic rings. The first-order valence-electron chi connectivity index (χ1n) is 12.2. The number of ketones is 1. The molecule has 4 aromatic carbocycles. The van der Waals surface area contributed by atoms with Crippen LogP contribution < -0.4 is 14.2 Å². The Hall–Kier alpha value is -4.81. The molecule has 0 fully saturated rings. The number of furan rings is 1. The molecular formula is C32H21ClO6. The normalized spacial score (nSPS) is 13.4. The average molecular weight is 537 g/mol. The zero-order chi connectivity index (χ0) is 26.9. The molecule has 2 heterocycles. The van der Waals surface area contributed by atoms with Crippen molar-refractivity contribution in [1.29, 1.82) is 0 Å². The lowest BCUT2D eigenvalue weighted by Crippen LogP contribution is -2.09. The van der Waals surface area contributed by atoms with E-state index in [0.717, 1.165) is 11.1 Å². The topological polar surface area (TPSA) is 75.0 Å². The number of benzene rings is 4. The van der Waals surface area contributed by atoms with Gasteiger partial charge in [-0.15, -0.1) is 0 Å². The Morgan fingerprint density at radius 2 is 1.69 bits per heavy atom. The SMILES string of the molecule is Cc1oc2ccc(OCc3ccccc3)cc2c1C(=O)Oc1ccc2c(c1)OC(=Cc1ccc(Cl)cc1)C2=O. The maximum Gasteiger partial charge on any atom is 0.347 e. The van der Waals surface area contributed by atoms with E-state index in [-0.39, 0.29) is 17.3 Å². The van der Waals surface area contributed by atoms with Crippen molar-refractivity contribution in [2.75, 3.05) is 0 Å². The molecule has 0 N–H and O–H groups in total. The second kappa shape index (κ2) is 10.2. The van der Waals surface area contributed by atoms with Gasteiger partial charge in [-0.25, -0.2) is 4.79 Å². The summed E-state index contributed by atoms with van der Waals surface area (Å²) in [5.41, 5.74) is 3.04. The monoisotopic (exact) mass is 536 g/mol. The molecule has 0 amide bonds. The smallest absolute Gasteiger partial charge is 0.347 e. The molecule has 39 heavy (non-hydrogen) atoms. The van der Waals surface area contributed by atoms with E-state index < -0.39 is 5.97 Å². The predicted octanol–water partition coefficient (Wildman–Crippen LogP) is 7.81. The van der Waals surface area contributed by atoms with E-state index in [1.165, 1.54) is 6.07 Å². The van der Waals surface area contributed by atoms with Gasteiger partial charge in [-0.3, -0.25) is 4.79 Å². The Kier molecular flexibility index (Phi) is 6.39. The van der Waals surface area contributed by atoms with E-state index in [9.17, 15) is 9.59 Å². The van der Waals surface area contributed by atoms with Crippen molar-refractivity contribution >= 4 is 40.4 Å². The number of esters is 1. The van der Waals surface area contributed by atoms with Gasteiger partial charge in [0.15, 0.2) is 5.76 Å². The molecule has 7 heteroatoms. The Labute approximate surface area is 229 Å². The fourth-order valence-corrected chi connectivity index (χ4v) is 4.51. The van der Waals surface area contributed by atoms with Crippen molar-refractivity contribution < 1.29 is 28.2 Å². The van der Waals surface area contributed by atoms with Crippen LogP contribution >= 0.6 is 11.6 Å². The molecule has 0 bridgehead atoms. The van der Waals surface area contributed by atoms with Crippen LogP contribution in [0.3, 0.4) is 0 Å². The number of fused-ring (bicyclic) bond motifs is 2. The van der Waals surface area contributed by atoms with E-state index in [1.807, 2.05) is 30.3 Å². The molecule has 0 radical (unpaired) electrons. The van der Waals surface area contributed by atoms with Crippen LogP contribution in [0.1, 0.15) is 37.6 Å². The first-order chi connectivity index (χ1) is 18.9. The Bertz CT molecular complexity index is 1750. The average Bonchev–Trinajstić information content (AvgIpc) is 3.43. The van der Waals surface area contributed by atoms with Gasteiger partial charge in [-0.2, -0.15) is 0 Å². The molecule has 6 nitrogen and oxygen atoms in total. The highest BCUT2D eigenvalue weighted by molar-refractivity contribution is 6.30. The summed E-state index contributed by atoms with van der Waals surface area (Å²) in [6, 6.07) is 26.9. The summed E-state index contributed by atoms with van der Waals surface area (Å²) in [4.78, 5) is 26.0. The minimum absolute atomic E-state index is 0.176. The van der Waals surface area contributed by atoms with Crippen LogP contribution in [0.4, 0.5) is 0 Å². The van der Waals surface area contributed by atoms with Gasteiger partial charge in [0.2, 0.25) is 5.78 Å². The first kappa shape index (κ1) is 24.5. The lowest BCUT2D eigenvalue weighted by Gasteiger charge is -2.07. The fourth-order valence-electron chi connectivity index (χ4n) is 4.38. The van der Waals surface area contributed by atoms with Crippen LogP contribution in [0.2, 0.25) is 5.02 Å². The first-order valence-corrected chi connectivity index (χ1v) is 12.6. The summed E-state index contributed by atoms with van der Waals surface area (Å²) < 4.78 is 23.2. The maximum atomic E-state index is 13.2. The lowest BCUT2D eigenvalue weighted by molar-refractivity contribution is 0.0734. The second-order valence-electron chi connectivity index (χ2n) is 9.00. The molecule has 6 rings (SSSR count). The van der Waals surface area contributed by atoms with Gasteiger partial charge < -0.3 is 18.6 Å². The number of aryl methyl sites for hydroxylation is 1. The molecule has 192 valence electrons. The van der Waals surface area contributed by atoms with Crippen molar-refractivity contribution in [3.8, 4) is 17.2 Å². The number of Topliss-reactive ketones (excluding diaryl/α,β-unsaturated/α-hetero) is 1. The third-order valence-electron chi connectivity index (χ3n) is 6.31. The Balaban J connectivity index is 1.21. The van der Waals surface area contributed by atoms with Crippen LogP contribution in [0.5, 0.6) is 17.2 Å². The van der Waals surface area contributed by atoms with Crippen LogP contribution in [-0.2, 0) is 6.61 Å². The largest absolute Gasteiger partial charge is 0.489 e. The van der Waals surface area contributed by atoms with Crippen LogP contribution in [0.15, 0.2) is 101 Å². The third kappa shape index (κ3) is 5.02. The third-order valence-corrected chi connectivity index (χ3v) is 6.56. The van der Waals surface area contributed by atoms with Gasteiger partial charge in [0, 0.05) is 16.5 Å². The highest BCUT2D eigenvalue weighted by Crippen LogP contribution is 2.36. The predicted molar refractivity (Wildman–Crippen MR) is 148 cm³/mol. The standard InChI is InChI=1S/C32H21ClO6/c1-19-30(26-16-23(12-14-27(26)37-19)36-18-21-5-3-2-4-6-21)32(35)38-24-11-13-25-28(17-24)39-29(31(25)34)15-20-7-9-22(33)10-8-20/h2-17H,18H2,1H3. The van der Waals surface area contributed by atoms with Crippen molar-refractivity contribution in [3.63, 3.8) is 0 Å². The van der Waals surface area contributed by atoms with E-state index >= 15 is 0 Å². The highest BCUT2D eigenvalue weighted by atomic mass is 35.5. The molecule has 1 aromatic heterocycles. The summed E-state index contributed by atoms with van der Waals surface area (Å²) in [7, 11) is 0. The molecular weight excluding hydrogens is 516 g/mol. The second-order valence-corrected chi connectivity index (χ2v) is 9.44. The molecule has 0 saturated carbocycles. The highest BCUT2D eigenvalue weighted by Gasteiger charge is 2.28. The number of carbonyl (C=O) groups excluding carboxylic acids is 2. The quantitative estimate of drug-likeness (QED) is 0.125. The number of allylic oxidation sites excluding steroid dienone is 1. The zero-order valence-electron chi connectivity index (χ0n) is 20.8. The Morgan fingerprint density at radius 1 is 0.923 bits per heavy atom. The summed E-state index contributed by atoms with van der Waals surface area (Å²) in [5.74, 6) is 0.919. The van der Waals surface area contributed by atoms with Crippen molar-refractivity contribution in [2.45, 2.75) is 13.5 Å². The van der Waals surface area contributed by atoms with E-state index in [0.29, 0.717) is 51.0 Å². The Morgan fingerprint density at radius 3 is 2.49 bits per heavy atom. The van der Waals surface area contributed by atoms with Gasteiger partial charge in [0.05, 0.1) is 5.56 Å². The van der Waals surface area contributed by atoms with Gasteiger partial charge in [-0.1, -0.05) is 54.1 Å². The number of ether oxygens (including phenoxy) is 3. The zero-order valence-corrected chi connectivity index (χ0v) is 21.5. The van der Waals surface area contributed by atoms with Crippen molar-refractivity contribution in [1.82, 2.24) is 0 Å². The van der Waals surface area contributed by atoms with Crippen molar-refractivity contribution in [3.05, 3.63) is 130 Å². The molecule has 5 aromatic rings. The van der Waals surface area contributed by atoms with Gasteiger partial charge in [-0.05, 0) is 66.6 Å².